The molecule has 0 radical (unpaired) electrons. The molecule has 3 heteroatoms. The van der Waals surface area contributed by atoms with Gasteiger partial charge in [-0.15, -0.1) is 0 Å². The number of hydrogen-bond donors (Lipinski definition) is 1. The summed E-state index contributed by atoms with van der Waals surface area (Å²) in [6, 6.07) is 5.94. The first kappa shape index (κ1) is 17.0. The number of rotatable bonds is 10. The third-order valence-corrected chi connectivity index (χ3v) is 3.58. The molecule has 114 valence electrons. The molecule has 0 spiro atoms. The van der Waals surface area contributed by atoms with Gasteiger partial charge in [0, 0.05) is 6.04 Å². The van der Waals surface area contributed by atoms with Crippen molar-refractivity contribution in [3.8, 4) is 5.75 Å². The van der Waals surface area contributed by atoms with Crippen LogP contribution in [-0.2, 0) is 6.42 Å². The van der Waals surface area contributed by atoms with Gasteiger partial charge in [0.05, 0.1) is 7.11 Å². The predicted octanol–water partition coefficient (Wildman–Crippen LogP) is 4.33. The van der Waals surface area contributed by atoms with E-state index in [1.165, 1.54) is 20.0 Å². The van der Waals surface area contributed by atoms with Crippen molar-refractivity contribution in [1.82, 2.24) is 5.32 Å². The third-order valence-electron chi connectivity index (χ3n) is 3.58. The van der Waals surface area contributed by atoms with Crippen molar-refractivity contribution in [3.05, 3.63) is 29.6 Å². The maximum absolute atomic E-state index is 14.0. The topological polar surface area (TPSA) is 21.3 Å². The van der Waals surface area contributed by atoms with Gasteiger partial charge in [-0.1, -0.05) is 32.4 Å². The van der Waals surface area contributed by atoms with Gasteiger partial charge in [-0.2, -0.15) is 0 Å². The van der Waals surface area contributed by atoms with E-state index in [0.717, 1.165) is 37.8 Å². The van der Waals surface area contributed by atoms with Crippen LogP contribution in [0.2, 0.25) is 0 Å². The Labute approximate surface area is 122 Å². The first-order valence-corrected chi connectivity index (χ1v) is 7.77. The second-order valence-electron chi connectivity index (χ2n) is 5.27. The summed E-state index contributed by atoms with van der Waals surface area (Å²) in [5, 5.41) is 3.58. The summed E-state index contributed by atoms with van der Waals surface area (Å²) in [5.41, 5.74) is 0.759. The summed E-state index contributed by atoms with van der Waals surface area (Å²) in [6.07, 6.45) is 6.42. The fourth-order valence-electron chi connectivity index (χ4n) is 2.49. The Balaban J connectivity index is 2.45. The van der Waals surface area contributed by atoms with Gasteiger partial charge >= 0.3 is 0 Å². The van der Waals surface area contributed by atoms with E-state index >= 15 is 0 Å². The molecule has 0 heterocycles. The van der Waals surface area contributed by atoms with Crippen LogP contribution in [0.25, 0.3) is 0 Å². The van der Waals surface area contributed by atoms with Crippen molar-refractivity contribution in [2.24, 2.45) is 0 Å². The number of methoxy groups -OCH3 is 1. The zero-order chi connectivity index (χ0) is 14.8. The largest absolute Gasteiger partial charge is 0.494 e. The number of ether oxygens (including phenoxy) is 1. The highest BCUT2D eigenvalue weighted by molar-refractivity contribution is 5.31. The fourth-order valence-corrected chi connectivity index (χ4v) is 2.49. The highest BCUT2D eigenvalue weighted by Crippen LogP contribution is 2.21. The summed E-state index contributed by atoms with van der Waals surface area (Å²) in [6.45, 7) is 5.46. The van der Waals surface area contributed by atoms with Gasteiger partial charge < -0.3 is 10.1 Å². The lowest BCUT2D eigenvalue weighted by molar-refractivity contribution is 0.383. The van der Waals surface area contributed by atoms with Crippen LogP contribution in [0.4, 0.5) is 4.39 Å². The Hall–Kier alpha value is -1.09. The highest BCUT2D eigenvalue weighted by Gasteiger charge is 2.10. The molecule has 0 aromatic heterocycles. The van der Waals surface area contributed by atoms with E-state index < -0.39 is 0 Å². The molecule has 0 aliphatic carbocycles. The monoisotopic (exact) mass is 281 g/mol. The van der Waals surface area contributed by atoms with E-state index in [1.54, 1.807) is 6.07 Å². The summed E-state index contributed by atoms with van der Waals surface area (Å²) in [4.78, 5) is 0. The van der Waals surface area contributed by atoms with Crippen LogP contribution in [0.5, 0.6) is 5.75 Å². The molecule has 0 saturated carbocycles. The first-order chi connectivity index (χ1) is 9.72. The predicted molar refractivity (Wildman–Crippen MR) is 82.9 cm³/mol. The molecule has 20 heavy (non-hydrogen) atoms. The minimum atomic E-state index is -0.205. The standard InChI is InChI=1S/C17H28FNO/c1-4-8-15(19-13-5-2)11-6-9-14-10-7-12-16(20-3)17(14)18/h7,10,12,15,19H,4-6,8-9,11,13H2,1-3H3. The Morgan fingerprint density at radius 2 is 2.00 bits per heavy atom. The van der Waals surface area contributed by atoms with Crippen molar-refractivity contribution in [2.45, 2.75) is 58.4 Å². The summed E-state index contributed by atoms with van der Waals surface area (Å²) < 4.78 is 19.0. The molecular formula is C17H28FNO. The zero-order valence-electron chi connectivity index (χ0n) is 13.0. The Morgan fingerprint density at radius 3 is 2.65 bits per heavy atom. The lowest BCUT2D eigenvalue weighted by Gasteiger charge is -2.17. The Bertz CT molecular complexity index is 381. The lowest BCUT2D eigenvalue weighted by Crippen LogP contribution is -2.29. The van der Waals surface area contributed by atoms with Gasteiger partial charge in [-0.25, -0.2) is 4.39 Å². The van der Waals surface area contributed by atoms with E-state index in [0.29, 0.717) is 11.8 Å². The van der Waals surface area contributed by atoms with Gasteiger partial charge in [-0.3, -0.25) is 0 Å². The quantitative estimate of drug-likeness (QED) is 0.689. The van der Waals surface area contributed by atoms with Gasteiger partial charge in [-0.05, 0) is 50.3 Å². The molecule has 2 nitrogen and oxygen atoms in total. The molecule has 0 amide bonds. The second-order valence-corrected chi connectivity index (χ2v) is 5.27. The number of hydrogen-bond acceptors (Lipinski definition) is 2. The molecule has 1 aromatic rings. The molecule has 1 rings (SSSR count). The minimum absolute atomic E-state index is 0.205. The van der Waals surface area contributed by atoms with Crippen LogP contribution in [0.1, 0.15) is 51.5 Å². The minimum Gasteiger partial charge on any atom is -0.494 e. The van der Waals surface area contributed by atoms with Gasteiger partial charge in [0.25, 0.3) is 0 Å². The van der Waals surface area contributed by atoms with Gasteiger partial charge in [0.15, 0.2) is 11.6 Å². The van der Waals surface area contributed by atoms with E-state index in [9.17, 15) is 4.39 Å². The number of aryl methyl sites for hydroxylation is 1. The van der Waals surface area contributed by atoms with E-state index in [1.807, 2.05) is 12.1 Å². The smallest absolute Gasteiger partial charge is 0.168 e. The zero-order valence-corrected chi connectivity index (χ0v) is 13.0. The highest BCUT2D eigenvalue weighted by atomic mass is 19.1. The molecule has 0 aliphatic heterocycles. The molecule has 1 atom stereocenters. The molecule has 0 saturated heterocycles. The molecular weight excluding hydrogens is 253 g/mol. The Kier molecular flexibility index (Phi) is 8.28. The van der Waals surface area contributed by atoms with Gasteiger partial charge in [0.1, 0.15) is 0 Å². The molecule has 0 bridgehead atoms. The number of halogens is 1. The first-order valence-electron chi connectivity index (χ1n) is 7.77. The number of nitrogens with one attached hydrogen (secondary N) is 1. The van der Waals surface area contributed by atoms with Crippen molar-refractivity contribution in [3.63, 3.8) is 0 Å². The van der Waals surface area contributed by atoms with Crippen molar-refractivity contribution < 1.29 is 9.13 Å². The van der Waals surface area contributed by atoms with Crippen LogP contribution >= 0.6 is 0 Å². The normalized spacial score (nSPS) is 12.4. The van der Waals surface area contributed by atoms with Crippen LogP contribution in [0.15, 0.2) is 18.2 Å². The molecule has 1 unspecified atom stereocenters. The van der Waals surface area contributed by atoms with E-state index in [4.69, 9.17) is 4.74 Å². The van der Waals surface area contributed by atoms with Crippen molar-refractivity contribution in [1.29, 1.82) is 0 Å². The summed E-state index contributed by atoms with van der Waals surface area (Å²) in [5.74, 6) is 0.139. The average Bonchev–Trinajstić information content (AvgIpc) is 2.46. The maximum atomic E-state index is 14.0. The molecule has 1 aromatic carbocycles. The second kappa shape index (κ2) is 9.76. The summed E-state index contributed by atoms with van der Waals surface area (Å²) in [7, 11) is 1.51. The summed E-state index contributed by atoms with van der Waals surface area (Å²) >= 11 is 0. The van der Waals surface area contributed by atoms with Gasteiger partial charge in [0.2, 0.25) is 0 Å². The van der Waals surface area contributed by atoms with Crippen LogP contribution in [0.3, 0.4) is 0 Å². The van der Waals surface area contributed by atoms with Crippen molar-refractivity contribution >= 4 is 0 Å². The third kappa shape index (κ3) is 5.49. The van der Waals surface area contributed by atoms with E-state index in [-0.39, 0.29) is 5.82 Å². The van der Waals surface area contributed by atoms with E-state index in [2.05, 4.69) is 19.2 Å². The van der Waals surface area contributed by atoms with Crippen LogP contribution in [-0.4, -0.2) is 19.7 Å². The molecule has 0 aliphatic rings. The molecule has 0 fully saturated rings. The maximum Gasteiger partial charge on any atom is 0.168 e. The Morgan fingerprint density at radius 1 is 1.20 bits per heavy atom. The molecule has 1 N–H and O–H groups in total. The van der Waals surface area contributed by atoms with Crippen LogP contribution < -0.4 is 10.1 Å². The van der Waals surface area contributed by atoms with Crippen LogP contribution in [0, 0.1) is 5.82 Å². The average molecular weight is 281 g/mol. The lowest BCUT2D eigenvalue weighted by atomic mass is 10.0. The SMILES string of the molecule is CCCNC(CCC)CCCc1cccc(OC)c1F. The number of benzene rings is 1. The fraction of sp³-hybridized carbons (Fsp3) is 0.647. The van der Waals surface area contributed by atoms with Crippen molar-refractivity contribution in [2.75, 3.05) is 13.7 Å².